The van der Waals surface area contributed by atoms with E-state index in [9.17, 15) is 18.8 Å². The monoisotopic (exact) mass is 537 g/mol. The molecule has 0 radical (unpaired) electrons. The molecule has 1 aliphatic rings. The van der Waals surface area contributed by atoms with E-state index in [4.69, 9.17) is 4.74 Å². The van der Waals surface area contributed by atoms with E-state index >= 15 is 0 Å². The molecule has 1 atom stereocenters. The predicted octanol–water partition coefficient (Wildman–Crippen LogP) is 3.71. The highest BCUT2D eigenvalue weighted by atomic mass is 32.1. The first kappa shape index (κ1) is 25.8. The van der Waals surface area contributed by atoms with Crippen LogP contribution in [-0.4, -0.2) is 55.6 Å². The first-order valence-corrected chi connectivity index (χ1v) is 13.4. The second kappa shape index (κ2) is 10.5. The van der Waals surface area contributed by atoms with E-state index in [1.54, 1.807) is 55.3 Å². The summed E-state index contributed by atoms with van der Waals surface area (Å²) in [5.41, 5.74) is 2.32. The third-order valence-corrected chi connectivity index (χ3v) is 7.65. The van der Waals surface area contributed by atoms with Crippen molar-refractivity contribution in [1.29, 1.82) is 0 Å². The van der Waals surface area contributed by atoms with Crippen molar-refractivity contribution in [2.24, 2.45) is 5.92 Å². The minimum Gasteiger partial charge on any atom is -0.466 e. The van der Waals surface area contributed by atoms with Crippen LogP contribution in [0.1, 0.15) is 36.8 Å². The fourth-order valence-corrected chi connectivity index (χ4v) is 5.84. The molecule has 38 heavy (non-hydrogen) atoms. The van der Waals surface area contributed by atoms with E-state index in [2.05, 4.69) is 10.1 Å². The molecule has 11 heteroatoms. The molecule has 1 aromatic carbocycles. The second-order valence-corrected chi connectivity index (χ2v) is 10.2. The Kier molecular flexibility index (Phi) is 7.11. The van der Waals surface area contributed by atoms with Gasteiger partial charge in [0.05, 0.1) is 30.2 Å². The van der Waals surface area contributed by atoms with Gasteiger partial charge in [0.2, 0.25) is 5.91 Å². The molecule has 3 aromatic heterocycles. The predicted molar refractivity (Wildman–Crippen MR) is 141 cm³/mol. The van der Waals surface area contributed by atoms with E-state index in [0.29, 0.717) is 65.8 Å². The lowest BCUT2D eigenvalue weighted by atomic mass is 9.98. The van der Waals surface area contributed by atoms with Crippen molar-refractivity contribution >= 4 is 28.2 Å². The molecular weight excluding hydrogens is 509 g/mol. The number of aromatic nitrogens is 4. The van der Waals surface area contributed by atoms with Gasteiger partial charge in [-0.3, -0.25) is 18.8 Å². The van der Waals surface area contributed by atoms with E-state index in [0.717, 1.165) is 0 Å². The lowest BCUT2D eigenvalue weighted by Crippen LogP contribution is -2.43. The van der Waals surface area contributed by atoms with Gasteiger partial charge in [-0.2, -0.15) is 5.10 Å². The van der Waals surface area contributed by atoms with Gasteiger partial charge in [0.15, 0.2) is 4.96 Å². The third kappa shape index (κ3) is 4.73. The first-order valence-electron chi connectivity index (χ1n) is 12.5. The summed E-state index contributed by atoms with van der Waals surface area (Å²) < 4.78 is 22.5. The fraction of sp³-hybridized carbons (Fsp3) is 0.370. The van der Waals surface area contributed by atoms with Crippen LogP contribution in [0.2, 0.25) is 0 Å². The molecule has 0 saturated carbocycles. The van der Waals surface area contributed by atoms with Gasteiger partial charge in [0.1, 0.15) is 17.2 Å². The minimum absolute atomic E-state index is 0.00231. The number of benzene rings is 1. The van der Waals surface area contributed by atoms with Crippen LogP contribution in [-0.2, 0) is 20.7 Å². The average molecular weight is 538 g/mol. The second-order valence-electron chi connectivity index (χ2n) is 9.36. The van der Waals surface area contributed by atoms with Crippen LogP contribution in [0, 0.1) is 25.6 Å². The summed E-state index contributed by atoms with van der Waals surface area (Å²) in [5, 5.41) is 6.30. The van der Waals surface area contributed by atoms with Crippen molar-refractivity contribution in [3.05, 3.63) is 69.0 Å². The van der Waals surface area contributed by atoms with Gasteiger partial charge in [-0.25, -0.2) is 14.1 Å². The maximum Gasteiger partial charge on any atom is 0.310 e. The van der Waals surface area contributed by atoms with Crippen LogP contribution in [0.25, 0.3) is 21.9 Å². The topological polar surface area (TPSA) is 98.8 Å². The number of rotatable bonds is 6. The number of para-hydroxylation sites is 1. The van der Waals surface area contributed by atoms with Gasteiger partial charge in [-0.15, -0.1) is 11.3 Å². The lowest BCUT2D eigenvalue weighted by molar-refractivity contribution is -0.151. The van der Waals surface area contributed by atoms with Gasteiger partial charge >= 0.3 is 5.97 Å². The van der Waals surface area contributed by atoms with Gasteiger partial charge in [0.25, 0.3) is 5.56 Å². The number of nitrogens with zero attached hydrogens (tertiary/aromatic N) is 5. The molecule has 0 aliphatic carbocycles. The normalized spacial score (nSPS) is 15.7. The number of halogens is 1. The Bertz CT molecular complexity index is 1590. The van der Waals surface area contributed by atoms with Crippen molar-refractivity contribution < 1.29 is 18.7 Å². The summed E-state index contributed by atoms with van der Waals surface area (Å²) in [6.07, 6.45) is 1.41. The highest BCUT2D eigenvalue weighted by Gasteiger charge is 2.30. The summed E-state index contributed by atoms with van der Waals surface area (Å²) >= 11 is 1.29. The van der Waals surface area contributed by atoms with Crippen molar-refractivity contribution in [3.8, 4) is 16.9 Å². The summed E-state index contributed by atoms with van der Waals surface area (Å²) in [6.45, 7) is 6.46. The number of fused-ring (bicyclic) bond motifs is 1. The Morgan fingerprint density at radius 1 is 1.24 bits per heavy atom. The molecule has 0 bridgehead atoms. The summed E-state index contributed by atoms with van der Waals surface area (Å²) in [7, 11) is 0. The van der Waals surface area contributed by atoms with Crippen molar-refractivity contribution in [2.75, 3.05) is 19.7 Å². The zero-order chi connectivity index (χ0) is 27.0. The first-order chi connectivity index (χ1) is 18.3. The molecule has 1 unspecified atom stereocenters. The summed E-state index contributed by atoms with van der Waals surface area (Å²) in [5.74, 6) is -1.20. The van der Waals surface area contributed by atoms with Gasteiger partial charge in [-0.05, 0) is 51.8 Å². The molecular formula is C27H28FN5O4S. The van der Waals surface area contributed by atoms with Gasteiger partial charge in [-0.1, -0.05) is 12.1 Å². The van der Waals surface area contributed by atoms with Crippen LogP contribution in [0.15, 0.2) is 40.5 Å². The number of thiazole rings is 1. The Morgan fingerprint density at radius 3 is 2.79 bits per heavy atom. The summed E-state index contributed by atoms with van der Waals surface area (Å²) in [4.78, 5) is 45.9. The number of ether oxygens (including phenoxy) is 1. The van der Waals surface area contributed by atoms with Crippen LogP contribution >= 0.6 is 11.3 Å². The number of aryl methyl sites for hydroxylation is 2. The average Bonchev–Trinajstić information content (AvgIpc) is 3.47. The molecule has 198 valence electrons. The maximum absolute atomic E-state index is 14.4. The highest BCUT2D eigenvalue weighted by Crippen LogP contribution is 2.25. The quantitative estimate of drug-likeness (QED) is 0.348. The fourth-order valence-electron chi connectivity index (χ4n) is 4.91. The Morgan fingerprint density at radius 2 is 2.03 bits per heavy atom. The molecule has 0 N–H and O–H groups in total. The number of likely N-dealkylation sites (tertiary alicyclic amines) is 1. The largest absolute Gasteiger partial charge is 0.466 e. The van der Waals surface area contributed by atoms with E-state index < -0.39 is 5.82 Å². The smallest absolute Gasteiger partial charge is 0.310 e. The zero-order valence-corrected chi connectivity index (χ0v) is 22.3. The number of piperidine rings is 1. The number of amides is 1. The van der Waals surface area contributed by atoms with Crippen molar-refractivity contribution in [2.45, 2.75) is 40.0 Å². The molecule has 4 heterocycles. The number of carbonyl (C=O) groups excluding carboxylic acids is 2. The van der Waals surface area contributed by atoms with Crippen molar-refractivity contribution in [3.63, 3.8) is 0 Å². The molecule has 9 nitrogen and oxygen atoms in total. The standard InChI is InChI=1S/C27H28FN5O4S/c1-4-37-26(36)18-8-7-11-31(14-18)23(34)13-19-15-38-27-29-17(3)24(25(35)32(19)27)21-12-16(2)33(30-21)22-10-6-5-9-20(22)28/h5-6,9-10,12,15,18H,4,7-8,11,13-14H2,1-3H3. The zero-order valence-electron chi connectivity index (χ0n) is 21.4. The lowest BCUT2D eigenvalue weighted by Gasteiger charge is -2.31. The van der Waals surface area contributed by atoms with Crippen LogP contribution in [0.3, 0.4) is 0 Å². The molecule has 4 aromatic rings. The maximum atomic E-state index is 14.4. The van der Waals surface area contributed by atoms with Crippen LogP contribution in [0.4, 0.5) is 4.39 Å². The van der Waals surface area contributed by atoms with E-state index in [1.165, 1.54) is 26.5 Å². The minimum atomic E-state index is -0.422. The number of hydrogen-bond donors (Lipinski definition) is 0. The number of esters is 1. The third-order valence-electron chi connectivity index (χ3n) is 6.77. The summed E-state index contributed by atoms with van der Waals surface area (Å²) in [6, 6.07) is 8.03. The molecule has 1 amide bonds. The number of hydrogen-bond acceptors (Lipinski definition) is 7. The van der Waals surface area contributed by atoms with Crippen molar-refractivity contribution in [1.82, 2.24) is 24.1 Å². The van der Waals surface area contributed by atoms with Gasteiger partial charge in [0, 0.05) is 29.9 Å². The highest BCUT2D eigenvalue weighted by molar-refractivity contribution is 7.15. The van der Waals surface area contributed by atoms with Crippen LogP contribution < -0.4 is 5.56 Å². The molecule has 0 spiro atoms. The van der Waals surface area contributed by atoms with E-state index in [-0.39, 0.29) is 35.5 Å². The molecule has 5 rings (SSSR count). The molecule has 1 aliphatic heterocycles. The number of carbonyl (C=O) groups is 2. The Hall–Kier alpha value is -3.86. The molecule has 1 fully saturated rings. The van der Waals surface area contributed by atoms with Crippen LogP contribution in [0.5, 0.6) is 0 Å². The van der Waals surface area contributed by atoms with E-state index in [1.807, 2.05) is 0 Å². The SMILES string of the molecule is CCOC(=O)C1CCCN(C(=O)Cc2csc3nc(C)c(-c4cc(C)n(-c5ccccc5F)n4)c(=O)n23)C1. The Labute approximate surface area is 222 Å². The van der Waals surface area contributed by atoms with Gasteiger partial charge < -0.3 is 9.64 Å². The Balaban J connectivity index is 1.47. The molecule has 1 saturated heterocycles.